The van der Waals surface area contributed by atoms with Gasteiger partial charge in [0.15, 0.2) is 0 Å². The van der Waals surface area contributed by atoms with Crippen molar-refractivity contribution in [3.05, 3.63) is 23.8 Å². The molecule has 1 saturated carbocycles. The van der Waals surface area contributed by atoms with Crippen LogP contribution >= 0.6 is 0 Å². The number of ether oxygens (including phenoxy) is 3. The van der Waals surface area contributed by atoms with Crippen LogP contribution in [0.15, 0.2) is 18.2 Å². The van der Waals surface area contributed by atoms with Gasteiger partial charge >= 0.3 is 8.80 Å². The maximum Gasteiger partial charge on any atom is 0.500 e. The van der Waals surface area contributed by atoms with Crippen molar-refractivity contribution < 1.29 is 27.5 Å². The van der Waals surface area contributed by atoms with Crippen LogP contribution in [0.1, 0.15) is 44.6 Å². The van der Waals surface area contributed by atoms with E-state index >= 15 is 0 Å². The second-order valence-corrected chi connectivity index (χ2v) is 10.5. The molecule has 1 aliphatic carbocycles. The van der Waals surface area contributed by atoms with Gasteiger partial charge in [0.25, 0.3) is 0 Å². The molecule has 7 heteroatoms. The zero-order valence-electron chi connectivity index (χ0n) is 16.9. The molecular weight excluding hydrogens is 364 g/mol. The molecule has 0 N–H and O–H groups in total. The standard InChI is InChI=1S/C20H32O6Si/c1-20(17-8-5-6-9-17)25-15-16-14-18(10-11-19(16)26-20)24-12-7-13-27(21-2,22-3)23-4/h10-11,14,17H,5-9,12-13,15H2,1-4H3. The molecule has 152 valence electrons. The SMILES string of the molecule is CO[Si](CCCOc1ccc2c(c1)COC(C)(C1CCCC1)O2)(OC)OC. The van der Waals surface area contributed by atoms with Crippen molar-refractivity contribution in [2.75, 3.05) is 27.9 Å². The molecule has 1 aliphatic heterocycles. The van der Waals surface area contributed by atoms with Crippen molar-refractivity contribution in [1.82, 2.24) is 0 Å². The Morgan fingerprint density at radius 3 is 2.48 bits per heavy atom. The zero-order valence-corrected chi connectivity index (χ0v) is 17.9. The van der Waals surface area contributed by atoms with E-state index in [9.17, 15) is 0 Å². The van der Waals surface area contributed by atoms with Gasteiger partial charge in [0.1, 0.15) is 11.5 Å². The van der Waals surface area contributed by atoms with Gasteiger partial charge in [-0.25, -0.2) is 0 Å². The van der Waals surface area contributed by atoms with Gasteiger partial charge in [0, 0.05) is 45.8 Å². The zero-order chi connectivity index (χ0) is 19.3. The Morgan fingerprint density at radius 1 is 1.11 bits per heavy atom. The first-order valence-electron chi connectivity index (χ1n) is 9.78. The van der Waals surface area contributed by atoms with Gasteiger partial charge in [0.05, 0.1) is 13.2 Å². The van der Waals surface area contributed by atoms with E-state index in [1.807, 2.05) is 18.2 Å². The highest BCUT2D eigenvalue weighted by Gasteiger charge is 2.42. The third-order valence-electron chi connectivity index (χ3n) is 5.78. The summed E-state index contributed by atoms with van der Waals surface area (Å²) in [5.41, 5.74) is 1.04. The quantitative estimate of drug-likeness (QED) is 0.462. The summed E-state index contributed by atoms with van der Waals surface area (Å²) in [6.45, 7) is 3.21. The minimum absolute atomic E-state index is 0.480. The Balaban J connectivity index is 1.53. The fraction of sp³-hybridized carbons (Fsp3) is 0.700. The minimum Gasteiger partial charge on any atom is -0.494 e. The van der Waals surface area contributed by atoms with Crippen molar-refractivity contribution in [1.29, 1.82) is 0 Å². The summed E-state index contributed by atoms with van der Waals surface area (Å²) in [7, 11) is 2.36. The van der Waals surface area contributed by atoms with Crippen molar-refractivity contribution in [3.8, 4) is 11.5 Å². The fourth-order valence-corrected chi connectivity index (χ4v) is 5.70. The maximum atomic E-state index is 6.25. The summed E-state index contributed by atoms with van der Waals surface area (Å²) in [5.74, 6) is 1.71. The van der Waals surface area contributed by atoms with Crippen LogP contribution in [0.25, 0.3) is 0 Å². The van der Waals surface area contributed by atoms with E-state index in [1.54, 1.807) is 21.3 Å². The first-order chi connectivity index (χ1) is 13.0. The van der Waals surface area contributed by atoms with E-state index in [0.717, 1.165) is 23.5 Å². The second-order valence-electron chi connectivity index (χ2n) is 7.41. The summed E-state index contributed by atoms with van der Waals surface area (Å²) in [5, 5.41) is 0. The molecule has 1 fully saturated rings. The van der Waals surface area contributed by atoms with Gasteiger partial charge in [-0.05, 0) is 37.5 Å². The minimum atomic E-state index is -2.53. The summed E-state index contributed by atoms with van der Waals surface area (Å²) in [4.78, 5) is 0. The maximum absolute atomic E-state index is 6.25. The molecule has 3 rings (SSSR count). The predicted molar refractivity (Wildman–Crippen MR) is 104 cm³/mol. The van der Waals surface area contributed by atoms with E-state index < -0.39 is 14.6 Å². The van der Waals surface area contributed by atoms with Crippen LogP contribution in [-0.2, 0) is 24.6 Å². The van der Waals surface area contributed by atoms with E-state index in [-0.39, 0.29) is 0 Å². The summed E-state index contributed by atoms with van der Waals surface area (Å²) in [6, 6.07) is 6.69. The number of fused-ring (bicyclic) bond motifs is 1. The lowest BCUT2D eigenvalue weighted by atomic mass is 9.97. The van der Waals surface area contributed by atoms with E-state index in [4.69, 9.17) is 27.5 Å². The van der Waals surface area contributed by atoms with E-state index in [0.29, 0.717) is 25.2 Å². The van der Waals surface area contributed by atoms with E-state index in [1.165, 1.54) is 25.7 Å². The normalized spacial score (nSPS) is 23.1. The molecule has 1 heterocycles. The molecule has 1 aromatic rings. The second kappa shape index (κ2) is 8.92. The molecule has 27 heavy (non-hydrogen) atoms. The Kier molecular flexibility index (Phi) is 6.81. The third-order valence-corrected chi connectivity index (χ3v) is 8.62. The molecule has 1 unspecified atom stereocenters. The number of rotatable bonds is 9. The number of benzene rings is 1. The largest absolute Gasteiger partial charge is 0.500 e. The van der Waals surface area contributed by atoms with Gasteiger partial charge in [-0.1, -0.05) is 12.8 Å². The van der Waals surface area contributed by atoms with Crippen LogP contribution in [0.3, 0.4) is 0 Å². The highest BCUT2D eigenvalue weighted by Crippen LogP contribution is 2.42. The van der Waals surface area contributed by atoms with Gasteiger partial charge in [-0.3, -0.25) is 0 Å². The topological polar surface area (TPSA) is 55.4 Å². The molecule has 0 saturated heterocycles. The molecule has 6 nitrogen and oxygen atoms in total. The third kappa shape index (κ3) is 4.66. The first kappa shape index (κ1) is 20.6. The highest BCUT2D eigenvalue weighted by molar-refractivity contribution is 6.60. The van der Waals surface area contributed by atoms with Crippen molar-refractivity contribution in [2.24, 2.45) is 5.92 Å². The van der Waals surface area contributed by atoms with Crippen molar-refractivity contribution >= 4 is 8.80 Å². The van der Waals surface area contributed by atoms with Crippen molar-refractivity contribution in [3.63, 3.8) is 0 Å². The smallest absolute Gasteiger partial charge is 0.494 e. The highest BCUT2D eigenvalue weighted by atomic mass is 28.4. The van der Waals surface area contributed by atoms with E-state index in [2.05, 4.69) is 6.92 Å². The monoisotopic (exact) mass is 396 g/mol. The predicted octanol–water partition coefficient (Wildman–Crippen LogP) is 4.15. The van der Waals surface area contributed by atoms with Gasteiger partial charge in [0.2, 0.25) is 5.79 Å². The van der Waals surface area contributed by atoms with Gasteiger partial charge in [-0.2, -0.15) is 0 Å². The molecule has 0 amide bonds. The average Bonchev–Trinajstić information content (AvgIpc) is 3.25. The van der Waals surface area contributed by atoms with Crippen LogP contribution in [0.4, 0.5) is 0 Å². The molecular formula is C20H32O6Si. The lowest BCUT2D eigenvalue weighted by molar-refractivity contribution is -0.224. The van der Waals surface area contributed by atoms with Crippen LogP contribution in [0.2, 0.25) is 6.04 Å². The Labute approximate surface area is 163 Å². The van der Waals surface area contributed by atoms with Crippen LogP contribution in [-0.4, -0.2) is 42.5 Å². The lowest BCUT2D eigenvalue weighted by Gasteiger charge is -2.40. The molecule has 2 aliphatic rings. The van der Waals surface area contributed by atoms with Gasteiger partial charge in [-0.15, -0.1) is 0 Å². The Bertz CT molecular complexity index is 606. The number of hydrogen-bond donors (Lipinski definition) is 0. The molecule has 0 aromatic heterocycles. The Morgan fingerprint density at radius 2 is 1.81 bits per heavy atom. The molecule has 0 bridgehead atoms. The fourth-order valence-electron chi connectivity index (χ4n) is 4.01. The molecule has 0 radical (unpaired) electrons. The molecule has 0 spiro atoms. The van der Waals surface area contributed by atoms with Crippen LogP contribution in [0.5, 0.6) is 11.5 Å². The molecule has 1 aromatic carbocycles. The molecule has 1 atom stereocenters. The summed E-state index contributed by atoms with van der Waals surface area (Å²) < 4.78 is 34.6. The van der Waals surface area contributed by atoms with Crippen molar-refractivity contribution in [2.45, 2.75) is 57.5 Å². The lowest BCUT2D eigenvalue weighted by Crippen LogP contribution is -2.44. The summed E-state index contributed by atoms with van der Waals surface area (Å²) >= 11 is 0. The van der Waals surface area contributed by atoms with Crippen LogP contribution < -0.4 is 9.47 Å². The average molecular weight is 397 g/mol. The van der Waals surface area contributed by atoms with Crippen LogP contribution in [0, 0.1) is 5.92 Å². The first-order valence-corrected chi connectivity index (χ1v) is 11.7. The Hall–Kier alpha value is -1.12. The number of hydrogen-bond acceptors (Lipinski definition) is 6. The summed E-state index contributed by atoms with van der Waals surface area (Å²) in [6.07, 6.45) is 5.70. The van der Waals surface area contributed by atoms with Gasteiger partial charge < -0.3 is 27.5 Å².